The van der Waals surface area contributed by atoms with Crippen LogP contribution in [0.25, 0.3) is 0 Å². The van der Waals surface area contributed by atoms with Gasteiger partial charge < -0.3 is 5.32 Å². The number of anilines is 1. The number of benzene rings is 1. The van der Waals surface area contributed by atoms with Gasteiger partial charge in [0.25, 0.3) is 0 Å². The Bertz CT molecular complexity index is 390. The van der Waals surface area contributed by atoms with E-state index >= 15 is 0 Å². The smallest absolute Gasteiger partial charge is 0.161 e. The molecule has 0 amide bonds. The number of hydrogen-bond acceptors (Lipinski definition) is 3. The summed E-state index contributed by atoms with van der Waals surface area (Å²) in [5, 5.41) is 5.00. The fourth-order valence-corrected chi connectivity index (χ4v) is 2.38. The quantitative estimate of drug-likeness (QED) is 0.812. The van der Waals surface area contributed by atoms with Gasteiger partial charge in [0.15, 0.2) is 5.17 Å². The number of rotatable bonds is 1. The van der Waals surface area contributed by atoms with Crippen LogP contribution in [0.1, 0.15) is 12.0 Å². The lowest BCUT2D eigenvalue weighted by molar-refractivity contribution is 0.938. The predicted octanol–water partition coefficient (Wildman–Crippen LogP) is 3.55. The van der Waals surface area contributed by atoms with Gasteiger partial charge in [0, 0.05) is 12.3 Å². The van der Waals surface area contributed by atoms with Gasteiger partial charge in [-0.25, -0.2) is 0 Å². The summed E-state index contributed by atoms with van der Waals surface area (Å²) < 4.78 is 0. The van der Waals surface area contributed by atoms with Crippen LogP contribution in [0.15, 0.2) is 23.2 Å². The van der Waals surface area contributed by atoms with Crippen LogP contribution in [0.4, 0.5) is 5.69 Å². The first-order valence-corrected chi connectivity index (χ1v) is 6.32. The molecule has 1 aliphatic heterocycles. The Morgan fingerprint density at radius 1 is 1.47 bits per heavy atom. The molecule has 1 aromatic rings. The fraction of sp³-hybridized carbons (Fsp3) is 0.364. The third kappa shape index (κ3) is 2.89. The Labute approximate surface area is 99.1 Å². The summed E-state index contributed by atoms with van der Waals surface area (Å²) in [7, 11) is 0. The van der Waals surface area contributed by atoms with Crippen molar-refractivity contribution in [2.24, 2.45) is 4.99 Å². The van der Waals surface area contributed by atoms with Crippen molar-refractivity contribution < 1.29 is 0 Å². The highest BCUT2D eigenvalue weighted by Crippen LogP contribution is 2.25. The van der Waals surface area contributed by atoms with Crippen molar-refractivity contribution in [1.82, 2.24) is 0 Å². The predicted molar refractivity (Wildman–Crippen MR) is 69.2 cm³/mol. The van der Waals surface area contributed by atoms with Crippen molar-refractivity contribution in [3.05, 3.63) is 28.8 Å². The molecular formula is C11H13ClN2S. The van der Waals surface area contributed by atoms with E-state index in [1.807, 2.05) is 18.2 Å². The van der Waals surface area contributed by atoms with Gasteiger partial charge in [-0.2, -0.15) is 0 Å². The molecule has 0 atom stereocenters. The molecule has 1 aliphatic rings. The van der Waals surface area contributed by atoms with Crippen LogP contribution in [0.3, 0.4) is 0 Å². The molecule has 1 N–H and O–H groups in total. The number of amidine groups is 1. The van der Waals surface area contributed by atoms with Gasteiger partial charge in [-0.3, -0.25) is 4.99 Å². The Morgan fingerprint density at radius 3 is 3.07 bits per heavy atom. The summed E-state index contributed by atoms with van der Waals surface area (Å²) in [5.41, 5.74) is 2.15. The van der Waals surface area contributed by atoms with E-state index in [1.165, 1.54) is 5.56 Å². The molecule has 0 radical (unpaired) electrons. The number of halogens is 1. The van der Waals surface area contributed by atoms with E-state index in [0.717, 1.165) is 34.6 Å². The van der Waals surface area contributed by atoms with Gasteiger partial charge in [0.1, 0.15) is 0 Å². The Morgan fingerprint density at radius 2 is 2.33 bits per heavy atom. The normalized spacial score (nSPS) is 16.0. The maximum Gasteiger partial charge on any atom is 0.161 e. The van der Waals surface area contributed by atoms with E-state index in [0.29, 0.717) is 0 Å². The average molecular weight is 241 g/mol. The molecule has 80 valence electrons. The molecule has 0 aliphatic carbocycles. The van der Waals surface area contributed by atoms with Crippen LogP contribution in [0.5, 0.6) is 0 Å². The van der Waals surface area contributed by atoms with Crippen LogP contribution in [0, 0.1) is 6.92 Å². The highest BCUT2D eigenvalue weighted by molar-refractivity contribution is 8.14. The lowest BCUT2D eigenvalue weighted by atomic mass is 10.2. The van der Waals surface area contributed by atoms with Gasteiger partial charge in [-0.1, -0.05) is 29.4 Å². The van der Waals surface area contributed by atoms with Gasteiger partial charge in [0.2, 0.25) is 0 Å². The molecule has 0 spiro atoms. The zero-order valence-corrected chi connectivity index (χ0v) is 10.2. The third-order valence-electron chi connectivity index (χ3n) is 2.16. The van der Waals surface area contributed by atoms with Gasteiger partial charge in [-0.15, -0.1) is 0 Å². The number of nitrogens with one attached hydrogen (secondary N) is 1. The molecule has 0 saturated heterocycles. The summed E-state index contributed by atoms with van der Waals surface area (Å²) in [6, 6.07) is 5.95. The van der Waals surface area contributed by atoms with Gasteiger partial charge >= 0.3 is 0 Å². The molecular weight excluding hydrogens is 228 g/mol. The van der Waals surface area contributed by atoms with Crippen LogP contribution in [0.2, 0.25) is 5.02 Å². The molecule has 0 aromatic heterocycles. The van der Waals surface area contributed by atoms with Crippen molar-refractivity contribution in [2.75, 3.05) is 17.6 Å². The first-order chi connectivity index (χ1) is 7.25. The summed E-state index contributed by atoms with van der Waals surface area (Å²) in [6.45, 7) is 2.97. The highest BCUT2D eigenvalue weighted by atomic mass is 35.5. The molecule has 1 heterocycles. The minimum absolute atomic E-state index is 0.745. The maximum atomic E-state index is 6.09. The molecule has 15 heavy (non-hydrogen) atoms. The number of thioether (sulfide) groups is 1. The summed E-state index contributed by atoms with van der Waals surface area (Å²) in [6.07, 6.45) is 1.16. The maximum absolute atomic E-state index is 6.09. The topological polar surface area (TPSA) is 24.4 Å². The molecule has 0 fully saturated rings. The van der Waals surface area contributed by atoms with Gasteiger partial charge in [-0.05, 0) is 31.0 Å². The first kappa shape index (κ1) is 10.8. The SMILES string of the molecule is Cc1ccc(Cl)c(NC2=NCCCS2)c1. The number of aryl methyl sites for hydroxylation is 1. The van der Waals surface area contributed by atoms with Crippen LogP contribution in [-0.2, 0) is 0 Å². The molecule has 4 heteroatoms. The summed E-state index contributed by atoms with van der Waals surface area (Å²) in [5.74, 6) is 1.13. The molecule has 1 aromatic carbocycles. The lowest BCUT2D eigenvalue weighted by Crippen LogP contribution is -2.13. The van der Waals surface area contributed by atoms with E-state index in [-0.39, 0.29) is 0 Å². The largest absolute Gasteiger partial charge is 0.334 e. The zero-order valence-electron chi connectivity index (χ0n) is 8.59. The van der Waals surface area contributed by atoms with Crippen molar-refractivity contribution in [3.8, 4) is 0 Å². The Hall–Kier alpha value is -0.670. The zero-order chi connectivity index (χ0) is 10.7. The van der Waals surface area contributed by atoms with Crippen molar-refractivity contribution in [2.45, 2.75) is 13.3 Å². The Kier molecular flexibility index (Phi) is 3.54. The Balaban J connectivity index is 2.15. The van der Waals surface area contributed by atoms with Gasteiger partial charge in [0.05, 0.1) is 10.7 Å². The van der Waals surface area contributed by atoms with Crippen molar-refractivity contribution in [1.29, 1.82) is 0 Å². The minimum Gasteiger partial charge on any atom is -0.334 e. The number of aliphatic imine (C=N–C) groups is 1. The monoisotopic (exact) mass is 240 g/mol. The van der Waals surface area contributed by atoms with E-state index in [1.54, 1.807) is 11.8 Å². The number of nitrogens with zero attached hydrogens (tertiary/aromatic N) is 1. The van der Waals surface area contributed by atoms with Crippen LogP contribution >= 0.6 is 23.4 Å². The second-order valence-electron chi connectivity index (χ2n) is 3.50. The average Bonchev–Trinajstić information content (AvgIpc) is 2.25. The van der Waals surface area contributed by atoms with E-state index in [9.17, 15) is 0 Å². The third-order valence-corrected chi connectivity index (χ3v) is 3.49. The summed E-state index contributed by atoms with van der Waals surface area (Å²) in [4.78, 5) is 4.41. The minimum atomic E-state index is 0.745. The first-order valence-electron chi connectivity index (χ1n) is 4.96. The van der Waals surface area contributed by atoms with E-state index in [4.69, 9.17) is 11.6 Å². The molecule has 0 unspecified atom stereocenters. The van der Waals surface area contributed by atoms with Crippen molar-refractivity contribution >= 4 is 34.2 Å². The second-order valence-corrected chi connectivity index (χ2v) is 4.99. The van der Waals surface area contributed by atoms with E-state index < -0.39 is 0 Å². The highest BCUT2D eigenvalue weighted by Gasteiger charge is 2.07. The molecule has 0 bridgehead atoms. The van der Waals surface area contributed by atoms with Crippen LogP contribution in [-0.4, -0.2) is 17.5 Å². The van der Waals surface area contributed by atoms with E-state index in [2.05, 4.69) is 17.2 Å². The fourth-order valence-electron chi connectivity index (χ4n) is 1.39. The summed E-state index contributed by atoms with van der Waals surface area (Å²) >= 11 is 7.84. The molecule has 2 rings (SSSR count). The standard InChI is InChI=1S/C11H13ClN2S/c1-8-3-4-9(12)10(7-8)14-11-13-5-2-6-15-11/h3-4,7H,2,5-6H2,1H3,(H,13,14). The number of hydrogen-bond donors (Lipinski definition) is 1. The molecule has 0 saturated carbocycles. The molecule has 2 nitrogen and oxygen atoms in total. The lowest BCUT2D eigenvalue weighted by Gasteiger charge is -2.14. The second kappa shape index (κ2) is 4.90. The van der Waals surface area contributed by atoms with Crippen molar-refractivity contribution in [3.63, 3.8) is 0 Å². The van der Waals surface area contributed by atoms with Crippen LogP contribution < -0.4 is 5.32 Å².